The first kappa shape index (κ1) is 26.2. The highest BCUT2D eigenvalue weighted by Crippen LogP contribution is 2.19. The number of hydrogen-bond donors (Lipinski definition) is 1. The molecular weight excluding hydrogens is 471 g/mol. The fraction of sp³-hybridized carbons (Fsp3) is 0.185. The third-order valence-corrected chi connectivity index (χ3v) is 5.04. The summed E-state index contributed by atoms with van der Waals surface area (Å²) in [6.07, 6.45) is -8.31. The molecule has 0 spiro atoms. The second kappa shape index (κ2) is 12.9. The van der Waals surface area contributed by atoms with Crippen LogP contribution in [-0.4, -0.2) is 60.4 Å². The Kier molecular flexibility index (Phi) is 9.41. The van der Waals surface area contributed by atoms with Crippen LogP contribution in [0.2, 0.25) is 0 Å². The Bertz CT molecular complexity index is 1150. The maximum atomic E-state index is 15.4. The molecule has 3 aromatic carbocycles. The smallest absolute Gasteiger partial charge is 0.338 e. The Morgan fingerprint density at radius 3 is 1.58 bits per heavy atom. The van der Waals surface area contributed by atoms with Gasteiger partial charge in [0.15, 0.2) is 24.7 Å². The molecule has 8 nitrogen and oxygen atoms in total. The number of carbonyl (C=O) groups is 4. The molecule has 0 amide bonds. The first-order valence-corrected chi connectivity index (χ1v) is 10.9. The highest BCUT2D eigenvalue weighted by Gasteiger charge is 2.40. The van der Waals surface area contributed by atoms with Crippen LogP contribution in [0.25, 0.3) is 0 Å². The summed E-state index contributed by atoms with van der Waals surface area (Å²) in [5.41, 5.74) is 0.290. The van der Waals surface area contributed by atoms with E-state index in [4.69, 9.17) is 14.2 Å². The summed E-state index contributed by atoms with van der Waals surface area (Å²) < 4.78 is 30.6. The molecule has 0 heterocycles. The van der Waals surface area contributed by atoms with E-state index in [1.165, 1.54) is 36.4 Å². The monoisotopic (exact) mass is 494 g/mol. The van der Waals surface area contributed by atoms with Crippen molar-refractivity contribution in [2.75, 3.05) is 6.61 Å². The predicted molar refractivity (Wildman–Crippen MR) is 125 cm³/mol. The quantitative estimate of drug-likeness (QED) is 0.245. The number of rotatable bonds is 11. The van der Waals surface area contributed by atoms with E-state index >= 15 is 4.39 Å². The highest BCUT2D eigenvalue weighted by molar-refractivity contribution is 5.91. The molecule has 0 fully saturated rings. The number of hydrogen-bond acceptors (Lipinski definition) is 8. The van der Waals surface area contributed by atoms with Gasteiger partial charge in [0.1, 0.15) is 12.7 Å². The van der Waals surface area contributed by atoms with E-state index in [0.717, 1.165) is 0 Å². The van der Waals surface area contributed by atoms with Crippen LogP contribution in [0.3, 0.4) is 0 Å². The SMILES string of the molecule is O=C[C@H](OC(=O)c1ccccc1)[C@@H](OC(=O)c1ccccc1)[C@H](F)[C@H](O)COC(=O)c1ccccc1. The van der Waals surface area contributed by atoms with Gasteiger partial charge in [0, 0.05) is 0 Å². The molecule has 0 aromatic heterocycles. The third-order valence-electron chi connectivity index (χ3n) is 5.04. The zero-order chi connectivity index (χ0) is 25.9. The zero-order valence-electron chi connectivity index (χ0n) is 18.9. The Morgan fingerprint density at radius 2 is 1.14 bits per heavy atom. The number of carbonyl (C=O) groups excluding carboxylic acids is 4. The third kappa shape index (κ3) is 7.07. The molecule has 186 valence electrons. The van der Waals surface area contributed by atoms with Gasteiger partial charge >= 0.3 is 17.9 Å². The molecule has 3 aromatic rings. The average Bonchev–Trinajstić information content (AvgIpc) is 2.94. The minimum Gasteiger partial charge on any atom is -0.459 e. The molecule has 0 aliphatic rings. The lowest BCUT2D eigenvalue weighted by Crippen LogP contribution is -2.48. The molecular formula is C27H23FO8. The molecule has 9 heteroatoms. The van der Waals surface area contributed by atoms with Crippen molar-refractivity contribution in [3.63, 3.8) is 0 Å². The standard InChI is InChI=1S/C27H23FO8/c28-23(21(30)17-34-25(31)18-10-4-1-5-11-18)24(36-27(33)20-14-8-3-9-15-20)22(16-29)35-26(32)19-12-6-2-7-13-19/h1-16,21-24,30H,17H2/t21-,22+,23-,24-/m1/s1. The Labute approximate surface area is 206 Å². The van der Waals surface area contributed by atoms with Crippen molar-refractivity contribution in [3.8, 4) is 0 Å². The number of halogens is 1. The normalized spacial score (nSPS) is 13.9. The second-order valence-electron chi connectivity index (χ2n) is 7.58. The molecule has 0 aliphatic carbocycles. The summed E-state index contributed by atoms with van der Waals surface area (Å²) in [7, 11) is 0. The van der Waals surface area contributed by atoms with Crippen molar-refractivity contribution in [1.82, 2.24) is 0 Å². The maximum Gasteiger partial charge on any atom is 0.338 e. The van der Waals surface area contributed by atoms with Crippen molar-refractivity contribution in [3.05, 3.63) is 108 Å². The largest absolute Gasteiger partial charge is 0.459 e. The van der Waals surface area contributed by atoms with Gasteiger partial charge < -0.3 is 19.3 Å². The topological polar surface area (TPSA) is 116 Å². The number of ether oxygens (including phenoxy) is 3. The summed E-state index contributed by atoms with van der Waals surface area (Å²) in [5, 5.41) is 10.4. The van der Waals surface area contributed by atoms with Gasteiger partial charge in [-0.15, -0.1) is 0 Å². The van der Waals surface area contributed by atoms with E-state index in [-0.39, 0.29) is 23.0 Å². The highest BCUT2D eigenvalue weighted by atomic mass is 19.1. The summed E-state index contributed by atoms with van der Waals surface area (Å²) in [4.78, 5) is 49.0. The van der Waals surface area contributed by atoms with Gasteiger partial charge in [-0.1, -0.05) is 54.6 Å². The molecule has 1 N–H and O–H groups in total. The van der Waals surface area contributed by atoms with Crippen LogP contribution in [0.5, 0.6) is 0 Å². The van der Waals surface area contributed by atoms with Crippen molar-refractivity contribution in [2.45, 2.75) is 24.5 Å². The molecule has 0 bridgehead atoms. The number of aliphatic hydroxyl groups excluding tert-OH is 1. The zero-order valence-corrected chi connectivity index (χ0v) is 18.9. The molecule has 3 rings (SSSR count). The average molecular weight is 494 g/mol. The van der Waals surface area contributed by atoms with Crippen LogP contribution in [0, 0.1) is 0 Å². The Morgan fingerprint density at radius 1 is 0.722 bits per heavy atom. The predicted octanol–water partition coefficient (Wildman–Crippen LogP) is 3.19. The molecule has 36 heavy (non-hydrogen) atoms. The van der Waals surface area contributed by atoms with Gasteiger partial charge in [-0.05, 0) is 36.4 Å². The molecule has 4 atom stereocenters. The van der Waals surface area contributed by atoms with Gasteiger partial charge in [0.25, 0.3) is 0 Å². The van der Waals surface area contributed by atoms with Gasteiger partial charge in [-0.25, -0.2) is 18.8 Å². The first-order chi connectivity index (χ1) is 17.4. The van der Waals surface area contributed by atoms with Crippen molar-refractivity contribution in [2.24, 2.45) is 0 Å². The molecule has 0 radical (unpaired) electrons. The van der Waals surface area contributed by atoms with Gasteiger partial charge in [0.05, 0.1) is 16.7 Å². The number of benzene rings is 3. The summed E-state index contributed by atoms with van der Waals surface area (Å²) >= 11 is 0. The van der Waals surface area contributed by atoms with Gasteiger partial charge in [-0.3, -0.25) is 4.79 Å². The molecule has 0 saturated heterocycles. The lowest BCUT2D eigenvalue weighted by Gasteiger charge is -2.28. The van der Waals surface area contributed by atoms with Crippen LogP contribution >= 0.6 is 0 Å². The fourth-order valence-corrected chi connectivity index (χ4v) is 3.15. The van der Waals surface area contributed by atoms with Crippen molar-refractivity contribution < 1.29 is 42.9 Å². The number of esters is 3. The van der Waals surface area contributed by atoms with Crippen LogP contribution in [0.15, 0.2) is 91.0 Å². The van der Waals surface area contributed by atoms with E-state index < -0.39 is 49.0 Å². The molecule has 0 unspecified atom stereocenters. The van der Waals surface area contributed by atoms with E-state index in [0.29, 0.717) is 0 Å². The van der Waals surface area contributed by atoms with Gasteiger partial charge in [-0.2, -0.15) is 0 Å². The van der Waals surface area contributed by atoms with E-state index in [2.05, 4.69) is 0 Å². The molecule has 0 saturated carbocycles. The van der Waals surface area contributed by atoms with E-state index in [1.807, 2.05) is 0 Å². The van der Waals surface area contributed by atoms with E-state index in [9.17, 15) is 24.3 Å². The fourth-order valence-electron chi connectivity index (χ4n) is 3.15. The summed E-state index contributed by atoms with van der Waals surface area (Å²) in [5.74, 6) is -2.80. The minimum atomic E-state index is -2.46. The van der Waals surface area contributed by atoms with E-state index in [1.54, 1.807) is 54.6 Å². The second-order valence-corrected chi connectivity index (χ2v) is 7.58. The number of aldehydes is 1. The Hall–Kier alpha value is -4.37. The van der Waals surface area contributed by atoms with Gasteiger partial charge in [0.2, 0.25) is 0 Å². The van der Waals surface area contributed by atoms with Crippen molar-refractivity contribution in [1.29, 1.82) is 0 Å². The van der Waals surface area contributed by atoms with Crippen LogP contribution in [-0.2, 0) is 19.0 Å². The summed E-state index contributed by atoms with van der Waals surface area (Å²) in [6.45, 7) is -0.813. The molecule has 0 aliphatic heterocycles. The summed E-state index contributed by atoms with van der Waals surface area (Å²) in [6, 6.07) is 23.0. The Balaban J connectivity index is 1.77. The number of alkyl halides is 1. The lowest BCUT2D eigenvalue weighted by molar-refractivity contribution is -0.130. The minimum absolute atomic E-state index is 0.0405. The van der Waals surface area contributed by atoms with Crippen LogP contribution in [0.4, 0.5) is 4.39 Å². The van der Waals surface area contributed by atoms with Crippen LogP contribution in [0.1, 0.15) is 31.1 Å². The first-order valence-electron chi connectivity index (χ1n) is 10.9. The number of aliphatic hydroxyl groups is 1. The lowest BCUT2D eigenvalue weighted by atomic mass is 10.0. The van der Waals surface area contributed by atoms with Crippen LogP contribution < -0.4 is 0 Å². The van der Waals surface area contributed by atoms with Crippen molar-refractivity contribution >= 4 is 24.2 Å². The maximum absolute atomic E-state index is 15.4.